The van der Waals surface area contributed by atoms with E-state index in [0.717, 1.165) is 45.2 Å². The maximum atomic E-state index is 12.0. The Labute approximate surface area is 116 Å². The van der Waals surface area contributed by atoms with Gasteiger partial charge in [-0.1, -0.05) is 13.8 Å². The van der Waals surface area contributed by atoms with Gasteiger partial charge in [0.1, 0.15) is 0 Å². The molecule has 0 radical (unpaired) electrons. The van der Waals surface area contributed by atoms with Crippen molar-refractivity contribution in [1.29, 1.82) is 0 Å². The number of nitrogens with one attached hydrogen (secondary N) is 1. The average Bonchev–Trinajstić information content (AvgIpc) is 2.24. The zero-order valence-electron chi connectivity index (χ0n) is 11.5. The lowest BCUT2D eigenvalue weighted by molar-refractivity contribution is -0.138. The predicted molar refractivity (Wildman–Crippen MR) is 76.1 cm³/mol. The van der Waals surface area contributed by atoms with Crippen LogP contribution in [0.1, 0.15) is 20.3 Å². The fraction of sp³-hybridized carbons (Fsp3) is 0.923. The molecule has 0 saturated carbocycles. The van der Waals surface area contributed by atoms with E-state index in [1.165, 1.54) is 13.0 Å². The van der Waals surface area contributed by atoms with Crippen molar-refractivity contribution in [2.75, 3.05) is 45.8 Å². The number of hydrogen-bond donors (Lipinski definition) is 1. The lowest BCUT2D eigenvalue weighted by Crippen LogP contribution is -2.56. The van der Waals surface area contributed by atoms with Crippen molar-refractivity contribution >= 4 is 18.3 Å². The van der Waals surface area contributed by atoms with Crippen molar-refractivity contribution in [2.24, 2.45) is 11.8 Å². The molecule has 18 heavy (non-hydrogen) atoms. The first kappa shape index (κ1) is 15.7. The first-order valence-electron chi connectivity index (χ1n) is 6.88. The van der Waals surface area contributed by atoms with Crippen LogP contribution in [-0.2, 0) is 4.79 Å². The van der Waals surface area contributed by atoms with Gasteiger partial charge in [0.25, 0.3) is 0 Å². The summed E-state index contributed by atoms with van der Waals surface area (Å²) in [7, 11) is 0. The number of halogens is 1. The van der Waals surface area contributed by atoms with E-state index in [2.05, 4.69) is 29.0 Å². The molecule has 0 spiro atoms. The Kier molecular flexibility index (Phi) is 6.39. The summed E-state index contributed by atoms with van der Waals surface area (Å²) in [6.45, 7) is 11.4. The molecular formula is C13H26ClN3O. The number of amides is 1. The fourth-order valence-electron chi connectivity index (χ4n) is 2.35. The number of nitrogens with zero attached hydrogens (tertiary/aromatic N) is 2. The molecule has 0 bridgehead atoms. The summed E-state index contributed by atoms with van der Waals surface area (Å²) in [5.74, 6) is 1.40. The summed E-state index contributed by atoms with van der Waals surface area (Å²) in [6, 6.07) is 0. The van der Waals surface area contributed by atoms with Crippen LogP contribution in [0.15, 0.2) is 0 Å². The topological polar surface area (TPSA) is 35.6 Å². The van der Waals surface area contributed by atoms with Gasteiger partial charge in [-0.25, -0.2) is 0 Å². The Morgan fingerprint density at radius 2 is 1.83 bits per heavy atom. The first-order valence-corrected chi connectivity index (χ1v) is 6.88. The SMILES string of the molecule is CC(C)CCN1CCN(C(=O)C2CNC2)CC1.Cl. The summed E-state index contributed by atoms with van der Waals surface area (Å²) in [4.78, 5) is 16.6. The lowest BCUT2D eigenvalue weighted by Gasteiger charge is -2.38. The van der Waals surface area contributed by atoms with Crippen LogP contribution in [0, 0.1) is 11.8 Å². The maximum absolute atomic E-state index is 12.0. The fourth-order valence-corrected chi connectivity index (χ4v) is 2.35. The number of hydrogen-bond acceptors (Lipinski definition) is 3. The molecule has 2 rings (SSSR count). The Hall–Kier alpha value is -0.320. The van der Waals surface area contributed by atoms with E-state index in [0.29, 0.717) is 5.91 Å². The number of carbonyl (C=O) groups excluding carboxylic acids is 1. The van der Waals surface area contributed by atoms with Gasteiger partial charge in [-0.2, -0.15) is 0 Å². The van der Waals surface area contributed by atoms with Gasteiger partial charge < -0.3 is 10.2 Å². The maximum Gasteiger partial charge on any atom is 0.228 e. The highest BCUT2D eigenvalue weighted by Gasteiger charge is 2.30. The van der Waals surface area contributed by atoms with Crippen molar-refractivity contribution < 1.29 is 4.79 Å². The lowest BCUT2D eigenvalue weighted by atomic mass is 10.0. The standard InChI is InChI=1S/C13H25N3O.ClH/c1-11(2)3-4-15-5-7-16(8-6-15)13(17)12-9-14-10-12;/h11-12,14H,3-10H2,1-2H3;1H. The van der Waals surface area contributed by atoms with Crippen LogP contribution < -0.4 is 5.32 Å². The molecule has 1 N–H and O–H groups in total. The molecule has 0 unspecified atom stereocenters. The molecule has 1 amide bonds. The molecule has 0 aliphatic carbocycles. The van der Waals surface area contributed by atoms with Crippen LogP contribution in [0.4, 0.5) is 0 Å². The van der Waals surface area contributed by atoms with E-state index in [9.17, 15) is 4.79 Å². The second kappa shape index (κ2) is 7.31. The van der Waals surface area contributed by atoms with Crippen LogP contribution in [0.25, 0.3) is 0 Å². The largest absolute Gasteiger partial charge is 0.340 e. The summed E-state index contributed by atoms with van der Waals surface area (Å²) < 4.78 is 0. The normalized spacial score (nSPS) is 21.6. The van der Waals surface area contributed by atoms with Crippen molar-refractivity contribution in [1.82, 2.24) is 15.1 Å². The van der Waals surface area contributed by atoms with E-state index in [4.69, 9.17) is 0 Å². The molecule has 0 aromatic carbocycles. The van der Waals surface area contributed by atoms with Gasteiger partial charge in [0.05, 0.1) is 5.92 Å². The van der Waals surface area contributed by atoms with Gasteiger partial charge in [0.2, 0.25) is 5.91 Å². The Morgan fingerprint density at radius 1 is 1.22 bits per heavy atom. The van der Waals surface area contributed by atoms with E-state index in [1.54, 1.807) is 0 Å². The summed E-state index contributed by atoms with van der Waals surface area (Å²) in [6.07, 6.45) is 1.26. The highest BCUT2D eigenvalue weighted by Crippen LogP contribution is 2.12. The van der Waals surface area contributed by atoms with Gasteiger partial charge in [-0.05, 0) is 18.9 Å². The molecule has 4 nitrogen and oxygen atoms in total. The summed E-state index contributed by atoms with van der Waals surface area (Å²) in [5, 5.41) is 3.16. The van der Waals surface area contributed by atoms with Crippen molar-refractivity contribution in [3.8, 4) is 0 Å². The smallest absolute Gasteiger partial charge is 0.228 e. The van der Waals surface area contributed by atoms with Gasteiger partial charge in [-0.15, -0.1) is 12.4 Å². The van der Waals surface area contributed by atoms with E-state index in [1.807, 2.05) is 0 Å². The second-order valence-corrected chi connectivity index (χ2v) is 5.70. The van der Waals surface area contributed by atoms with E-state index in [-0.39, 0.29) is 18.3 Å². The Morgan fingerprint density at radius 3 is 2.28 bits per heavy atom. The van der Waals surface area contributed by atoms with Crippen LogP contribution in [-0.4, -0.2) is 61.5 Å². The number of rotatable bonds is 4. The quantitative estimate of drug-likeness (QED) is 0.825. The van der Waals surface area contributed by atoms with Gasteiger partial charge >= 0.3 is 0 Å². The second-order valence-electron chi connectivity index (χ2n) is 5.70. The molecule has 2 saturated heterocycles. The summed E-state index contributed by atoms with van der Waals surface area (Å²) >= 11 is 0. The Balaban J connectivity index is 0.00000162. The third-order valence-corrected chi connectivity index (χ3v) is 3.84. The first-order chi connectivity index (χ1) is 8.16. The van der Waals surface area contributed by atoms with Gasteiger partial charge in [-0.3, -0.25) is 9.69 Å². The molecular weight excluding hydrogens is 250 g/mol. The van der Waals surface area contributed by atoms with Crippen molar-refractivity contribution in [2.45, 2.75) is 20.3 Å². The third-order valence-electron chi connectivity index (χ3n) is 3.84. The van der Waals surface area contributed by atoms with Crippen LogP contribution in [0.3, 0.4) is 0 Å². The predicted octanol–water partition coefficient (Wildman–Crippen LogP) is 0.818. The molecule has 2 aliphatic rings. The number of piperazine rings is 1. The summed E-state index contributed by atoms with van der Waals surface area (Å²) in [5.41, 5.74) is 0. The minimum Gasteiger partial charge on any atom is -0.340 e. The Bertz CT molecular complexity index is 261. The minimum absolute atomic E-state index is 0. The van der Waals surface area contributed by atoms with Gasteiger partial charge in [0, 0.05) is 39.3 Å². The molecule has 2 aliphatic heterocycles. The van der Waals surface area contributed by atoms with Crippen molar-refractivity contribution in [3.63, 3.8) is 0 Å². The minimum atomic E-state index is 0. The van der Waals surface area contributed by atoms with E-state index < -0.39 is 0 Å². The van der Waals surface area contributed by atoms with Crippen LogP contribution in [0.5, 0.6) is 0 Å². The molecule has 2 heterocycles. The molecule has 5 heteroatoms. The number of carbonyl (C=O) groups is 1. The highest BCUT2D eigenvalue weighted by atomic mass is 35.5. The average molecular weight is 276 g/mol. The van der Waals surface area contributed by atoms with Crippen LogP contribution in [0.2, 0.25) is 0 Å². The molecule has 0 atom stereocenters. The van der Waals surface area contributed by atoms with Crippen LogP contribution >= 0.6 is 12.4 Å². The zero-order valence-corrected chi connectivity index (χ0v) is 12.3. The van der Waals surface area contributed by atoms with Crippen molar-refractivity contribution in [3.05, 3.63) is 0 Å². The molecule has 106 valence electrons. The molecule has 0 aromatic rings. The third kappa shape index (κ3) is 4.11. The monoisotopic (exact) mass is 275 g/mol. The zero-order chi connectivity index (χ0) is 12.3. The molecule has 0 aromatic heterocycles. The van der Waals surface area contributed by atoms with E-state index >= 15 is 0 Å². The molecule has 2 fully saturated rings. The highest BCUT2D eigenvalue weighted by molar-refractivity contribution is 5.85. The van der Waals surface area contributed by atoms with Gasteiger partial charge in [0.15, 0.2) is 0 Å².